The van der Waals surface area contributed by atoms with Gasteiger partial charge in [0, 0.05) is 36.8 Å². The number of rotatable bonds is 3. The zero-order chi connectivity index (χ0) is 13.0. The largest absolute Gasteiger partial charge is 0.396 e. The van der Waals surface area contributed by atoms with Crippen LogP contribution in [0.25, 0.3) is 0 Å². The molecule has 0 unspecified atom stereocenters. The van der Waals surface area contributed by atoms with Gasteiger partial charge in [0.2, 0.25) is 0 Å². The zero-order valence-electron chi connectivity index (χ0n) is 10.3. The van der Waals surface area contributed by atoms with E-state index in [0.717, 1.165) is 49.4 Å². The van der Waals surface area contributed by atoms with Crippen molar-refractivity contribution in [1.29, 1.82) is 0 Å². The summed E-state index contributed by atoms with van der Waals surface area (Å²) in [7, 11) is 0. The van der Waals surface area contributed by atoms with E-state index < -0.39 is 0 Å². The number of aromatic nitrogens is 1. The molecule has 2 rings (SSSR count). The number of anilines is 2. The summed E-state index contributed by atoms with van der Waals surface area (Å²) in [6.45, 7) is 4.79. The van der Waals surface area contributed by atoms with Gasteiger partial charge in [-0.3, -0.25) is 4.90 Å². The average Bonchev–Trinajstić information content (AvgIpc) is 2.55. The van der Waals surface area contributed by atoms with Crippen molar-refractivity contribution >= 4 is 27.4 Å². The van der Waals surface area contributed by atoms with Gasteiger partial charge in [0.25, 0.3) is 0 Å². The second kappa shape index (κ2) is 6.36. The minimum Gasteiger partial charge on any atom is -0.396 e. The molecule has 3 N–H and O–H groups in total. The van der Waals surface area contributed by atoms with Crippen LogP contribution in [0.3, 0.4) is 0 Å². The Hall–Kier alpha value is -0.850. The van der Waals surface area contributed by atoms with Crippen molar-refractivity contribution in [3.05, 3.63) is 16.7 Å². The summed E-state index contributed by atoms with van der Waals surface area (Å²) in [6.07, 6.45) is 2.85. The zero-order valence-corrected chi connectivity index (χ0v) is 11.9. The van der Waals surface area contributed by atoms with Gasteiger partial charge in [0.1, 0.15) is 0 Å². The molecule has 6 heteroatoms. The van der Waals surface area contributed by atoms with Gasteiger partial charge in [0.15, 0.2) is 5.82 Å². The van der Waals surface area contributed by atoms with Gasteiger partial charge in [-0.25, -0.2) is 4.98 Å². The second-order valence-corrected chi connectivity index (χ2v) is 5.39. The van der Waals surface area contributed by atoms with Gasteiger partial charge in [-0.05, 0) is 35.0 Å². The van der Waals surface area contributed by atoms with Crippen molar-refractivity contribution in [2.24, 2.45) is 0 Å². The molecule has 1 aromatic heterocycles. The summed E-state index contributed by atoms with van der Waals surface area (Å²) in [4.78, 5) is 8.89. The molecule has 1 aliphatic heterocycles. The number of nitrogens with two attached hydrogens (primary N) is 1. The number of nitrogen functional groups attached to an aromatic ring is 1. The van der Waals surface area contributed by atoms with E-state index in [9.17, 15) is 0 Å². The predicted octanol–water partition coefficient (Wildman–Crippen LogP) is 0.931. The van der Waals surface area contributed by atoms with Crippen LogP contribution in [0.4, 0.5) is 11.5 Å². The number of β-amino-alcohol motifs (C(OH)–C–C–N with tert-alkyl or cyclic N) is 1. The van der Waals surface area contributed by atoms with Crippen LogP contribution >= 0.6 is 15.9 Å². The van der Waals surface area contributed by atoms with Crippen molar-refractivity contribution in [2.75, 3.05) is 50.0 Å². The number of hydrogen-bond acceptors (Lipinski definition) is 5. The Morgan fingerprint density at radius 2 is 2.17 bits per heavy atom. The van der Waals surface area contributed by atoms with Gasteiger partial charge in [0.05, 0.1) is 12.3 Å². The lowest BCUT2D eigenvalue weighted by molar-refractivity contribution is 0.204. The first-order chi connectivity index (χ1) is 8.70. The van der Waals surface area contributed by atoms with Crippen LogP contribution < -0.4 is 10.6 Å². The fourth-order valence-electron chi connectivity index (χ4n) is 2.26. The smallest absolute Gasteiger partial charge is 0.151 e. The number of nitrogens with zero attached hydrogens (tertiary/aromatic N) is 3. The van der Waals surface area contributed by atoms with Gasteiger partial charge in [-0.1, -0.05) is 0 Å². The van der Waals surface area contributed by atoms with Crippen molar-refractivity contribution in [2.45, 2.75) is 6.42 Å². The monoisotopic (exact) mass is 314 g/mol. The highest BCUT2D eigenvalue weighted by atomic mass is 79.9. The molecule has 18 heavy (non-hydrogen) atoms. The number of aliphatic hydroxyl groups excluding tert-OH is 1. The summed E-state index contributed by atoms with van der Waals surface area (Å²) >= 11 is 3.37. The van der Waals surface area contributed by atoms with Crippen LogP contribution in [0.5, 0.6) is 0 Å². The Kier molecular flexibility index (Phi) is 4.79. The Bertz CT molecular complexity index is 402. The molecule has 5 nitrogen and oxygen atoms in total. The van der Waals surface area contributed by atoms with Crippen LogP contribution in [0.1, 0.15) is 6.42 Å². The first-order valence-electron chi connectivity index (χ1n) is 6.20. The maximum Gasteiger partial charge on any atom is 0.151 e. The maximum atomic E-state index is 8.98. The summed E-state index contributed by atoms with van der Waals surface area (Å²) in [5.41, 5.74) is 6.72. The van der Waals surface area contributed by atoms with E-state index in [-0.39, 0.29) is 6.61 Å². The van der Waals surface area contributed by atoms with E-state index in [1.54, 1.807) is 6.20 Å². The molecule has 1 saturated heterocycles. The van der Waals surface area contributed by atoms with E-state index in [1.165, 1.54) is 0 Å². The van der Waals surface area contributed by atoms with E-state index in [1.807, 2.05) is 6.07 Å². The van der Waals surface area contributed by atoms with Crippen LogP contribution in [-0.2, 0) is 0 Å². The number of pyridine rings is 1. The molecule has 0 saturated carbocycles. The SMILES string of the molecule is Nc1cc(Br)cnc1N1CCCN(CCO)CC1. The standard InChI is InChI=1S/C12H19BrN4O/c13-10-8-11(14)12(15-9-10)17-3-1-2-16(4-5-17)6-7-18/h8-9,18H,1-7,14H2. The highest BCUT2D eigenvalue weighted by Crippen LogP contribution is 2.24. The second-order valence-electron chi connectivity index (χ2n) is 4.47. The van der Waals surface area contributed by atoms with Crippen molar-refractivity contribution in [3.8, 4) is 0 Å². The molecule has 0 aliphatic carbocycles. The minimum absolute atomic E-state index is 0.221. The molecular weight excluding hydrogens is 296 g/mol. The summed E-state index contributed by atoms with van der Waals surface area (Å²) < 4.78 is 0.903. The molecule has 0 aromatic carbocycles. The first-order valence-corrected chi connectivity index (χ1v) is 6.99. The van der Waals surface area contributed by atoms with Crippen molar-refractivity contribution in [1.82, 2.24) is 9.88 Å². The third-order valence-corrected chi connectivity index (χ3v) is 3.60. The molecule has 0 amide bonds. The van der Waals surface area contributed by atoms with E-state index in [2.05, 4.69) is 30.7 Å². The summed E-state index contributed by atoms with van der Waals surface area (Å²) in [5, 5.41) is 8.98. The van der Waals surface area contributed by atoms with Gasteiger partial charge in [-0.15, -0.1) is 0 Å². The Morgan fingerprint density at radius 3 is 2.89 bits per heavy atom. The molecule has 1 aliphatic rings. The quantitative estimate of drug-likeness (QED) is 0.869. The molecule has 0 bridgehead atoms. The van der Waals surface area contributed by atoms with Crippen molar-refractivity contribution in [3.63, 3.8) is 0 Å². The normalized spacial score (nSPS) is 17.8. The van der Waals surface area contributed by atoms with Crippen LogP contribution in [0, 0.1) is 0 Å². The minimum atomic E-state index is 0.221. The van der Waals surface area contributed by atoms with Gasteiger partial charge >= 0.3 is 0 Å². The van der Waals surface area contributed by atoms with Crippen LogP contribution in [0.15, 0.2) is 16.7 Å². The molecule has 2 heterocycles. The lowest BCUT2D eigenvalue weighted by Crippen LogP contribution is -2.33. The van der Waals surface area contributed by atoms with Crippen molar-refractivity contribution < 1.29 is 5.11 Å². The highest BCUT2D eigenvalue weighted by molar-refractivity contribution is 9.10. The Balaban J connectivity index is 2.05. The molecule has 1 fully saturated rings. The molecule has 0 spiro atoms. The maximum absolute atomic E-state index is 8.98. The Morgan fingerprint density at radius 1 is 1.33 bits per heavy atom. The lowest BCUT2D eigenvalue weighted by atomic mass is 10.3. The highest BCUT2D eigenvalue weighted by Gasteiger charge is 2.17. The fourth-order valence-corrected chi connectivity index (χ4v) is 2.61. The van der Waals surface area contributed by atoms with Gasteiger partial charge < -0.3 is 15.7 Å². The van der Waals surface area contributed by atoms with E-state index in [0.29, 0.717) is 5.69 Å². The van der Waals surface area contributed by atoms with E-state index in [4.69, 9.17) is 10.8 Å². The van der Waals surface area contributed by atoms with Gasteiger partial charge in [-0.2, -0.15) is 0 Å². The summed E-state index contributed by atoms with van der Waals surface area (Å²) in [5.74, 6) is 0.865. The number of aliphatic hydroxyl groups is 1. The first kappa shape index (κ1) is 13.6. The third-order valence-electron chi connectivity index (χ3n) is 3.17. The molecule has 0 atom stereocenters. The molecule has 0 radical (unpaired) electrons. The molecular formula is C12H19BrN4O. The number of halogens is 1. The third kappa shape index (κ3) is 3.34. The van der Waals surface area contributed by atoms with E-state index >= 15 is 0 Å². The fraction of sp³-hybridized carbons (Fsp3) is 0.583. The average molecular weight is 315 g/mol. The van der Waals surface area contributed by atoms with Crippen LogP contribution in [0.2, 0.25) is 0 Å². The van der Waals surface area contributed by atoms with Crippen LogP contribution in [-0.4, -0.2) is 54.3 Å². The predicted molar refractivity (Wildman–Crippen MR) is 76.7 cm³/mol. The topological polar surface area (TPSA) is 65.6 Å². The Labute approximate surface area is 116 Å². The number of hydrogen-bond donors (Lipinski definition) is 2. The lowest BCUT2D eigenvalue weighted by Gasteiger charge is -2.23. The molecule has 1 aromatic rings. The molecule has 100 valence electrons. The summed E-state index contributed by atoms with van der Waals surface area (Å²) in [6, 6.07) is 1.89.